The van der Waals surface area contributed by atoms with Gasteiger partial charge in [-0.3, -0.25) is 0 Å². The van der Waals surface area contributed by atoms with Gasteiger partial charge in [-0.15, -0.1) is 0 Å². The van der Waals surface area contributed by atoms with Gasteiger partial charge in [-0.25, -0.2) is 4.79 Å². The van der Waals surface area contributed by atoms with Crippen LogP contribution in [0.1, 0.15) is 6.92 Å². The predicted octanol–water partition coefficient (Wildman–Crippen LogP) is 3.45. The first-order valence-electron chi connectivity index (χ1n) is 5.16. The molecule has 0 aromatic heterocycles. The van der Waals surface area contributed by atoms with Crippen LogP contribution >= 0.6 is 15.9 Å². The number of hydrogen-bond acceptors (Lipinski definition) is 2. The molecule has 1 unspecified atom stereocenters. The molecule has 0 bridgehead atoms. The fourth-order valence-corrected chi connectivity index (χ4v) is 2.00. The number of rotatable bonds is 3. The third kappa shape index (κ3) is 2.42. The molecule has 88 valence electrons. The lowest BCUT2D eigenvalue weighted by Crippen LogP contribution is -2.23. The summed E-state index contributed by atoms with van der Waals surface area (Å²) < 4.78 is 6.23. The summed E-state index contributed by atoms with van der Waals surface area (Å²) in [5, 5.41) is 10.8. The number of ether oxygens (including phenoxy) is 1. The SMILES string of the molecule is CC(Oc1c(Br)ccc2ccccc12)C(=O)O. The monoisotopic (exact) mass is 294 g/mol. The van der Waals surface area contributed by atoms with E-state index in [9.17, 15) is 4.79 Å². The van der Waals surface area contributed by atoms with Crippen LogP contribution in [0.4, 0.5) is 0 Å². The molecule has 0 fully saturated rings. The maximum Gasteiger partial charge on any atom is 0.344 e. The number of carbonyl (C=O) groups is 1. The van der Waals surface area contributed by atoms with E-state index in [0.717, 1.165) is 15.2 Å². The highest BCUT2D eigenvalue weighted by Crippen LogP contribution is 2.34. The number of fused-ring (bicyclic) bond motifs is 1. The van der Waals surface area contributed by atoms with Gasteiger partial charge in [-0.1, -0.05) is 30.3 Å². The summed E-state index contributed by atoms with van der Waals surface area (Å²) in [5.74, 6) is -0.414. The molecule has 0 aliphatic rings. The quantitative estimate of drug-likeness (QED) is 0.943. The van der Waals surface area contributed by atoms with E-state index in [4.69, 9.17) is 9.84 Å². The summed E-state index contributed by atoms with van der Waals surface area (Å²) in [4.78, 5) is 10.8. The molecule has 0 amide bonds. The molecule has 1 N–H and O–H groups in total. The standard InChI is InChI=1S/C13H11BrO3/c1-8(13(15)16)17-12-10-5-3-2-4-9(10)6-7-11(12)14/h2-8H,1H3,(H,15,16). The highest BCUT2D eigenvalue weighted by atomic mass is 79.9. The van der Waals surface area contributed by atoms with Gasteiger partial charge in [0.2, 0.25) is 0 Å². The van der Waals surface area contributed by atoms with E-state index in [2.05, 4.69) is 15.9 Å². The first-order valence-corrected chi connectivity index (χ1v) is 5.95. The maximum atomic E-state index is 10.8. The van der Waals surface area contributed by atoms with Crippen molar-refractivity contribution in [2.75, 3.05) is 0 Å². The summed E-state index contributed by atoms with van der Waals surface area (Å²) in [6.07, 6.45) is -0.878. The lowest BCUT2D eigenvalue weighted by atomic mass is 10.1. The fourth-order valence-electron chi connectivity index (χ4n) is 1.56. The Labute approximate surface area is 107 Å². The molecular weight excluding hydrogens is 284 g/mol. The minimum atomic E-state index is -0.982. The van der Waals surface area contributed by atoms with Crippen LogP contribution in [0.25, 0.3) is 10.8 Å². The lowest BCUT2D eigenvalue weighted by molar-refractivity contribution is -0.144. The van der Waals surface area contributed by atoms with Crippen molar-refractivity contribution < 1.29 is 14.6 Å². The Kier molecular flexibility index (Phi) is 3.33. The van der Waals surface area contributed by atoms with Gasteiger partial charge in [0.05, 0.1) is 4.47 Å². The number of carboxylic acids is 1. The van der Waals surface area contributed by atoms with Gasteiger partial charge in [0.25, 0.3) is 0 Å². The molecule has 2 aromatic rings. The smallest absolute Gasteiger partial charge is 0.344 e. The number of carboxylic acid groups (broad SMARTS) is 1. The topological polar surface area (TPSA) is 46.5 Å². The molecule has 0 radical (unpaired) electrons. The maximum absolute atomic E-state index is 10.8. The minimum absolute atomic E-state index is 0.568. The average Bonchev–Trinajstić information content (AvgIpc) is 2.32. The zero-order valence-corrected chi connectivity index (χ0v) is 10.8. The molecule has 0 saturated heterocycles. The van der Waals surface area contributed by atoms with Gasteiger partial charge in [0, 0.05) is 5.39 Å². The second-order valence-corrected chi connectivity index (χ2v) is 4.55. The molecule has 0 aliphatic carbocycles. The Morgan fingerprint density at radius 1 is 1.29 bits per heavy atom. The normalized spacial score (nSPS) is 12.4. The van der Waals surface area contributed by atoms with Crippen molar-refractivity contribution in [1.29, 1.82) is 0 Å². The van der Waals surface area contributed by atoms with Crippen LogP contribution in [0.15, 0.2) is 40.9 Å². The van der Waals surface area contributed by atoms with Crippen molar-refractivity contribution in [3.05, 3.63) is 40.9 Å². The molecule has 3 nitrogen and oxygen atoms in total. The summed E-state index contributed by atoms with van der Waals surface area (Å²) in [6.45, 7) is 1.51. The van der Waals surface area contributed by atoms with E-state index in [1.807, 2.05) is 36.4 Å². The largest absolute Gasteiger partial charge is 0.479 e. The van der Waals surface area contributed by atoms with Crippen LogP contribution in [-0.2, 0) is 4.79 Å². The zero-order chi connectivity index (χ0) is 12.4. The fraction of sp³-hybridized carbons (Fsp3) is 0.154. The van der Waals surface area contributed by atoms with Gasteiger partial charge in [0.1, 0.15) is 5.75 Å². The number of halogens is 1. The first kappa shape index (κ1) is 11.9. The molecule has 0 saturated carbocycles. The van der Waals surface area contributed by atoms with Crippen molar-refractivity contribution in [3.8, 4) is 5.75 Å². The molecule has 1 atom stereocenters. The van der Waals surface area contributed by atoms with E-state index in [0.29, 0.717) is 5.75 Å². The molecule has 4 heteroatoms. The third-order valence-corrected chi connectivity index (χ3v) is 3.10. The van der Waals surface area contributed by atoms with Gasteiger partial charge >= 0.3 is 5.97 Å². The van der Waals surface area contributed by atoms with Crippen molar-refractivity contribution in [2.24, 2.45) is 0 Å². The van der Waals surface area contributed by atoms with Gasteiger partial charge < -0.3 is 9.84 Å². The molecule has 0 heterocycles. The van der Waals surface area contributed by atoms with E-state index in [-0.39, 0.29) is 0 Å². The Balaban J connectivity index is 2.51. The van der Waals surface area contributed by atoms with Crippen molar-refractivity contribution in [1.82, 2.24) is 0 Å². The molecule has 2 rings (SSSR count). The lowest BCUT2D eigenvalue weighted by Gasteiger charge is -2.14. The van der Waals surface area contributed by atoms with Crippen LogP contribution in [0, 0.1) is 0 Å². The highest BCUT2D eigenvalue weighted by molar-refractivity contribution is 9.10. The molecule has 0 spiro atoms. The van der Waals surface area contributed by atoms with Crippen molar-refractivity contribution in [2.45, 2.75) is 13.0 Å². The Bertz CT molecular complexity index is 566. The van der Waals surface area contributed by atoms with Crippen molar-refractivity contribution in [3.63, 3.8) is 0 Å². The minimum Gasteiger partial charge on any atom is -0.479 e. The summed E-state index contributed by atoms with van der Waals surface area (Å²) in [5.41, 5.74) is 0. The average molecular weight is 295 g/mol. The second-order valence-electron chi connectivity index (χ2n) is 3.70. The molecule has 2 aromatic carbocycles. The zero-order valence-electron chi connectivity index (χ0n) is 9.18. The third-order valence-electron chi connectivity index (χ3n) is 2.47. The van der Waals surface area contributed by atoms with Gasteiger partial charge in [-0.2, -0.15) is 0 Å². The molecule has 0 aliphatic heterocycles. The van der Waals surface area contributed by atoms with E-state index in [1.165, 1.54) is 6.92 Å². The first-order chi connectivity index (χ1) is 8.09. The van der Waals surface area contributed by atoms with E-state index in [1.54, 1.807) is 0 Å². The predicted molar refractivity (Wildman–Crippen MR) is 69.4 cm³/mol. The number of benzene rings is 2. The summed E-state index contributed by atoms with van der Waals surface area (Å²) in [7, 11) is 0. The van der Waals surface area contributed by atoms with Crippen LogP contribution in [0.2, 0.25) is 0 Å². The number of hydrogen-bond donors (Lipinski definition) is 1. The Morgan fingerprint density at radius 3 is 2.71 bits per heavy atom. The summed E-state index contributed by atoms with van der Waals surface area (Å²) >= 11 is 3.38. The van der Waals surface area contributed by atoms with Crippen LogP contribution in [0.5, 0.6) is 5.75 Å². The molecular formula is C13H11BrO3. The summed E-state index contributed by atoms with van der Waals surface area (Å²) in [6, 6.07) is 11.5. The molecule has 17 heavy (non-hydrogen) atoms. The number of aliphatic carboxylic acids is 1. The Morgan fingerprint density at radius 2 is 2.00 bits per heavy atom. The van der Waals surface area contributed by atoms with Crippen LogP contribution in [-0.4, -0.2) is 17.2 Å². The van der Waals surface area contributed by atoms with E-state index >= 15 is 0 Å². The van der Waals surface area contributed by atoms with E-state index < -0.39 is 12.1 Å². The van der Waals surface area contributed by atoms with Gasteiger partial charge in [0.15, 0.2) is 6.10 Å². The van der Waals surface area contributed by atoms with Crippen molar-refractivity contribution >= 4 is 32.7 Å². The van der Waals surface area contributed by atoms with Crippen LogP contribution < -0.4 is 4.74 Å². The van der Waals surface area contributed by atoms with Gasteiger partial charge in [-0.05, 0) is 34.3 Å². The van der Waals surface area contributed by atoms with Crippen LogP contribution in [0.3, 0.4) is 0 Å². The second kappa shape index (κ2) is 4.75. The highest BCUT2D eigenvalue weighted by Gasteiger charge is 2.16. The Hall–Kier alpha value is -1.55.